The van der Waals surface area contributed by atoms with Gasteiger partial charge in [0.05, 0.1) is 69.3 Å². The summed E-state index contributed by atoms with van der Waals surface area (Å²) in [4.78, 5) is 38.8. The third-order valence-corrected chi connectivity index (χ3v) is 20.4. The summed E-state index contributed by atoms with van der Waals surface area (Å²) >= 11 is 7.28. The number of nitrogens with one attached hydrogen (secondary N) is 1. The predicted octanol–water partition coefficient (Wildman–Crippen LogP) is 15.7. The van der Waals surface area contributed by atoms with Crippen LogP contribution in [0.2, 0.25) is 0 Å². The van der Waals surface area contributed by atoms with Gasteiger partial charge in [0.15, 0.2) is 5.75 Å². The van der Waals surface area contributed by atoms with E-state index in [2.05, 4.69) is 107 Å². The van der Waals surface area contributed by atoms with Crippen molar-refractivity contribution >= 4 is 81.2 Å². The summed E-state index contributed by atoms with van der Waals surface area (Å²) in [6.45, 7) is 15.2. The van der Waals surface area contributed by atoms with Crippen LogP contribution in [0, 0.1) is 13.8 Å². The molecule has 21 heteroatoms. The van der Waals surface area contributed by atoms with Gasteiger partial charge in [0, 0.05) is 15.3 Å². The molecule has 0 unspecified atom stereocenters. The Morgan fingerprint density at radius 1 is 0.449 bits per heavy atom. The molecule has 8 aromatic rings. The third-order valence-electron chi connectivity index (χ3n) is 15.3. The number of hydrogen-bond donors (Lipinski definition) is 1. The summed E-state index contributed by atoms with van der Waals surface area (Å²) in [6.07, 6.45) is -1.14. The molecule has 8 aromatic carbocycles. The van der Waals surface area contributed by atoms with E-state index in [4.69, 9.17) is 28.4 Å². The summed E-state index contributed by atoms with van der Waals surface area (Å²) in [6, 6.07) is 49.2. The van der Waals surface area contributed by atoms with Crippen molar-refractivity contribution in [1.82, 2.24) is 5.32 Å². The van der Waals surface area contributed by atoms with Gasteiger partial charge in [-0.15, -0.1) is 0 Å². The third kappa shape index (κ3) is 15.0. The lowest BCUT2D eigenvalue weighted by atomic mass is 9.77. The Morgan fingerprint density at radius 2 is 0.820 bits per heavy atom. The van der Waals surface area contributed by atoms with Gasteiger partial charge in [-0.1, -0.05) is 87.4 Å². The van der Waals surface area contributed by atoms with Crippen molar-refractivity contribution in [2.45, 2.75) is 79.4 Å². The average molecular weight is 1380 g/mol. The van der Waals surface area contributed by atoms with E-state index < -0.39 is 31.2 Å². The zero-order valence-corrected chi connectivity index (χ0v) is 54.4. The Morgan fingerprint density at radius 3 is 1.19 bits per heavy atom. The second-order valence-electron chi connectivity index (χ2n) is 21.6. The summed E-state index contributed by atoms with van der Waals surface area (Å²) in [5.74, 6) is 3.16. The van der Waals surface area contributed by atoms with E-state index in [1.807, 2.05) is 43.3 Å². The number of alkyl carbamates (subject to hydrolysis) is 1. The molecule has 3 aliphatic heterocycles. The second kappa shape index (κ2) is 28.0. The van der Waals surface area contributed by atoms with E-state index in [1.165, 1.54) is 66.6 Å². The molecule has 3 fully saturated rings. The number of aryl methyl sites for hydroxylation is 2. The lowest BCUT2D eigenvalue weighted by molar-refractivity contribution is 0.178. The Balaban J connectivity index is 0.000000213. The number of benzene rings is 8. The van der Waals surface area contributed by atoms with Crippen molar-refractivity contribution in [3.63, 3.8) is 0 Å². The molecular formula is C68H69Br2N3O14S2. The van der Waals surface area contributed by atoms with Crippen LogP contribution in [0.1, 0.15) is 68.5 Å². The highest BCUT2D eigenvalue weighted by atomic mass is 79.9. The molecule has 89 heavy (non-hydrogen) atoms. The van der Waals surface area contributed by atoms with Crippen molar-refractivity contribution in [2.75, 3.05) is 63.5 Å². The van der Waals surface area contributed by atoms with Crippen LogP contribution in [0.15, 0.2) is 198 Å². The van der Waals surface area contributed by atoms with E-state index in [-0.39, 0.29) is 51.2 Å². The first-order chi connectivity index (χ1) is 41.9. The van der Waals surface area contributed by atoms with Crippen molar-refractivity contribution in [3.05, 3.63) is 212 Å². The van der Waals surface area contributed by atoms with Crippen LogP contribution in [-0.2, 0) is 44.7 Å². The van der Waals surface area contributed by atoms with Gasteiger partial charge in [-0.2, -0.15) is 0 Å². The molecule has 0 aromatic heterocycles. The lowest BCUT2D eigenvalue weighted by Crippen LogP contribution is -2.27. The quantitative estimate of drug-likeness (QED) is 0.0895. The number of halogens is 2. The maximum absolute atomic E-state index is 13.2. The summed E-state index contributed by atoms with van der Waals surface area (Å²) in [5.41, 5.74) is 6.97. The number of anilines is 2. The van der Waals surface area contributed by atoms with Crippen molar-refractivity contribution in [2.24, 2.45) is 0 Å². The van der Waals surface area contributed by atoms with Gasteiger partial charge in [0.25, 0.3) is 0 Å². The van der Waals surface area contributed by atoms with Gasteiger partial charge in [-0.05, 0) is 197 Å². The van der Waals surface area contributed by atoms with Gasteiger partial charge in [0.2, 0.25) is 19.7 Å². The largest absolute Gasteiger partial charge is 0.497 e. The number of nitrogens with zero attached hydrogens (tertiary/aromatic N) is 2. The first-order valence-electron chi connectivity index (χ1n) is 27.9. The minimum absolute atomic E-state index is 0. The number of carbonyl (C=O) groups excluding carboxylic acids is 3. The first kappa shape index (κ1) is 66.6. The normalized spacial score (nSPS) is 13.9. The number of rotatable bonds is 16. The lowest BCUT2D eigenvalue weighted by Gasteiger charge is -2.30. The van der Waals surface area contributed by atoms with Gasteiger partial charge in [-0.25, -0.2) is 31.2 Å². The van der Waals surface area contributed by atoms with Crippen LogP contribution >= 0.6 is 31.9 Å². The Labute approximate surface area is 536 Å². The molecule has 3 aliphatic rings. The van der Waals surface area contributed by atoms with Crippen LogP contribution in [0.3, 0.4) is 0 Å². The summed E-state index contributed by atoms with van der Waals surface area (Å²) < 4.78 is 91.5. The average Bonchev–Trinajstić information content (AvgIpc) is 3.17. The maximum atomic E-state index is 13.2. The van der Waals surface area contributed by atoms with Crippen molar-refractivity contribution in [1.29, 1.82) is 0 Å². The molecule has 0 saturated carbocycles. The fourth-order valence-electron chi connectivity index (χ4n) is 9.76. The molecule has 0 aliphatic carbocycles. The number of sulfone groups is 2. The molecule has 3 amide bonds. The molecule has 466 valence electrons. The van der Waals surface area contributed by atoms with Gasteiger partial charge in [-0.3, -0.25) is 9.80 Å². The second-order valence-corrected chi connectivity index (χ2v) is 27.3. The maximum Gasteiger partial charge on any atom is 0.414 e. The number of carbonyl (C=O) groups is 3. The Hall–Kier alpha value is -8.37. The number of methoxy groups -OCH3 is 2. The molecule has 0 bridgehead atoms. The van der Waals surface area contributed by atoms with E-state index in [0.29, 0.717) is 73.0 Å². The molecule has 0 radical (unpaired) electrons. The highest BCUT2D eigenvalue weighted by molar-refractivity contribution is 9.10. The van der Waals surface area contributed by atoms with Crippen LogP contribution in [-0.4, -0.2) is 88.8 Å². The Bertz CT molecular complexity index is 4100. The predicted molar refractivity (Wildman–Crippen MR) is 348 cm³/mol. The van der Waals surface area contributed by atoms with E-state index in [1.54, 1.807) is 71.6 Å². The zero-order chi connectivity index (χ0) is 63.1. The molecule has 17 nitrogen and oxygen atoms in total. The standard InChI is InChI=1S/C35H34N2O8S.C29H26Br2O4S.C3H5NO2.CH4/c1-23-5-6-24(21-30(23)36-17-19-43-33(36)38)35(2,3)25-7-16-32(31(22-25)37-18-20-44-34(37)39)45-27-10-14-29(15-11-27)46(40,41)28-12-8-26(42-4)9-13-28;1-19-5-6-20(17-26(19)30)29(2,3)21-7-16-28(27(31)18-21)35-23-10-14-25(15-11-23)36(32,33)24-12-8-22(34-4)9-13-24;5-3-4-1-2-6-3;/h5-16,21-22H,17-20H2,1-4H3;5-18H,1-4H3;1-2H2,(H,4,5);1H4. The molecule has 1 N–H and O–H groups in total. The van der Waals surface area contributed by atoms with E-state index >= 15 is 0 Å². The van der Waals surface area contributed by atoms with Gasteiger partial charge in [0.1, 0.15) is 48.6 Å². The number of ether oxygens (including phenoxy) is 7. The summed E-state index contributed by atoms with van der Waals surface area (Å²) in [5, 5.41) is 2.46. The molecule has 0 atom stereocenters. The molecular weight excluding hydrogens is 1310 g/mol. The minimum atomic E-state index is -3.75. The first-order valence-corrected chi connectivity index (χ1v) is 32.4. The number of cyclic esters (lactones) is 3. The molecule has 3 saturated heterocycles. The van der Waals surface area contributed by atoms with Gasteiger partial charge >= 0.3 is 18.3 Å². The molecule has 11 rings (SSSR count). The number of amides is 3. The Kier molecular flexibility index (Phi) is 20.9. The van der Waals surface area contributed by atoms with E-state index in [0.717, 1.165) is 36.9 Å². The fourth-order valence-corrected chi connectivity index (χ4v) is 13.1. The highest BCUT2D eigenvalue weighted by Gasteiger charge is 2.33. The topological polar surface area (TPSA) is 203 Å². The van der Waals surface area contributed by atoms with E-state index in [9.17, 15) is 31.2 Å². The number of hydrogen-bond acceptors (Lipinski definition) is 14. The zero-order valence-electron chi connectivity index (χ0n) is 49.6. The highest BCUT2D eigenvalue weighted by Crippen LogP contribution is 2.43. The fraction of sp³-hybridized carbons (Fsp3) is 0.250. The summed E-state index contributed by atoms with van der Waals surface area (Å²) in [7, 11) is -4.34. The minimum Gasteiger partial charge on any atom is -0.497 e. The van der Waals surface area contributed by atoms with Crippen molar-refractivity contribution in [3.8, 4) is 34.5 Å². The molecule has 3 heterocycles. The smallest absolute Gasteiger partial charge is 0.414 e. The monoisotopic (exact) mass is 1370 g/mol. The van der Waals surface area contributed by atoms with Gasteiger partial charge < -0.3 is 38.5 Å². The molecule has 0 spiro atoms. The van der Waals surface area contributed by atoms with Crippen LogP contribution < -0.4 is 34.1 Å². The SMILES string of the molecule is C.COc1ccc(S(=O)(=O)c2ccc(Oc3ccc(C(C)(C)c4ccc(C)c(Br)c4)cc3Br)cc2)cc1.COc1ccc(S(=O)(=O)c2ccc(Oc3ccc(C(C)(C)c4ccc(C)c(N5CCOC5=O)c4)cc3N3CCOC3=O)cc2)cc1.O=C1NCCO1. The van der Waals surface area contributed by atoms with Crippen LogP contribution in [0.5, 0.6) is 34.5 Å². The van der Waals surface area contributed by atoms with Crippen molar-refractivity contribution < 1.29 is 64.4 Å². The van der Waals surface area contributed by atoms with Crippen LogP contribution in [0.4, 0.5) is 25.8 Å². The van der Waals surface area contributed by atoms with Crippen LogP contribution in [0.25, 0.3) is 0 Å².